The van der Waals surface area contributed by atoms with Gasteiger partial charge in [0, 0.05) is 5.56 Å². The summed E-state index contributed by atoms with van der Waals surface area (Å²) in [5, 5.41) is 9.08. The predicted octanol–water partition coefficient (Wildman–Crippen LogP) is 3.39. The molecule has 1 aromatic rings. The van der Waals surface area contributed by atoms with E-state index in [4.69, 9.17) is 16.7 Å². The van der Waals surface area contributed by atoms with Gasteiger partial charge in [0.05, 0.1) is 10.6 Å². The summed E-state index contributed by atoms with van der Waals surface area (Å²) < 4.78 is 14.1. The molecule has 2 nitrogen and oxygen atoms in total. The molecular formula is C11H10ClFO2. The van der Waals surface area contributed by atoms with Crippen LogP contribution in [0, 0.1) is 0 Å². The predicted molar refractivity (Wildman–Crippen MR) is 55.0 cm³/mol. The van der Waals surface area contributed by atoms with E-state index in [1.54, 1.807) is 6.07 Å². The first kappa shape index (κ1) is 10.4. The highest BCUT2D eigenvalue weighted by molar-refractivity contribution is 6.33. The molecule has 0 saturated heterocycles. The highest BCUT2D eigenvalue weighted by atomic mass is 35.5. The summed E-state index contributed by atoms with van der Waals surface area (Å²) in [5.41, 5.74) is -1.37. The number of carbonyl (C=O) groups is 1. The molecule has 0 bridgehead atoms. The topological polar surface area (TPSA) is 37.3 Å². The van der Waals surface area contributed by atoms with Crippen LogP contribution in [0.25, 0.3) is 0 Å². The second kappa shape index (κ2) is 3.49. The minimum atomic E-state index is -1.49. The fourth-order valence-corrected chi connectivity index (χ4v) is 2.13. The molecule has 1 N–H and O–H groups in total. The van der Waals surface area contributed by atoms with Crippen molar-refractivity contribution in [1.29, 1.82) is 0 Å². The summed E-state index contributed by atoms with van der Waals surface area (Å²) in [7, 11) is 0. The zero-order valence-corrected chi connectivity index (χ0v) is 8.72. The molecule has 0 unspecified atom stereocenters. The van der Waals surface area contributed by atoms with Crippen LogP contribution in [0.1, 0.15) is 35.2 Å². The largest absolute Gasteiger partial charge is 0.478 e. The number of carboxylic acid groups (broad SMARTS) is 1. The molecule has 1 saturated carbocycles. The fourth-order valence-electron chi connectivity index (χ4n) is 1.87. The van der Waals surface area contributed by atoms with Crippen molar-refractivity contribution in [3.8, 4) is 0 Å². The molecule has 4 heteroatoms. The van der Waals surface area contributed by atoms with Gasteiger partial charge in [-0.3, -0.25) is 0 Å². The van der Waals surface area contributed by atoms with Gasteiger partial charge >= 0.3 is 5.97 Å². The average molecular weight is 229 g/mol. The van der Waals surface area contributed by atoms with Crippen LogP contribution < -0.4 is 0 Å². The first-order chi connectivity index (χ1) is 7.04. The summed E-state index contributed by atoms with van der Waals surface area (Å²) in [6.45, 7) is 0. The summed E-state index contributed by atoms with van der Waals surface area (Å²) in [6, 6.07) is 4.56. The zero-order chi connectivity index (χ0) is 11.1. The van der Waals surface area contributed by atoms with Gasteiger partial charge in [-0.2, -0.15) is 0 Å². The third-order valence-corrected chi connectivity index (χ3v) is 3.17. The Morgan fingerprint density at radius 1 is 1.47 bits per heavy atom. The first-order valence-corrected chi connectivity index (χ1v) is 5.13. The number of hydrogen-bond donors (Lipinski definition) is 1. The number of carboxylic acids is 1. The van der Waals surface area contributed by atoms with Gasteiger partial charge in [0.2, 0.25) is 0 Å². The molecular weight excluding hydrogens is 219 g/mol. The van der Waals surface area contributed by atoms with Crippen molar-refractivity contribution in [2.75, 3.05) is 0 Å². The van der Waals surface area contributed by atoms with Gasteiger partial charge < -0.3 is 5.11 Å². The van der Waals surface area contributed by atoms with Gasteiger partial charge in [-0.05, 0) is 25.3 Å². The smallest absolute Gasteiger partial charge is 0.337 e. The molecule has 0 atom stereocenters. The highest BCUT2D eigenvalue weighted by Gasteiger charge is 2.41. The highest BCUT2D eigenvalue weighted by Crippen LogP contribution is 2.47. The van der Waals surface area contributed by atoms with Gasteiger partial charge in [0.15, 0.2) is 0 Å². The summed E-state index contributed by atoms with van der Waals surface area (Å²) in [4.78, 5) is 11.0. The Kier molecular flexibility index (Phi) is 2.43. The molecule has 1 fully saturated rings. The first-order valence-electron chi connectivity index (χ1n) is 4.76. The number of aromatic carboxylic acids is 1. The minimum Gasteiger partial charge on any atom is -0.478 e. The average Bonchev–Trinajstić information content (AvgIpc) is 2.13. The SMILES string of the molecule is O=C(O)c1c(Cl)cccc1C1(F)CCC1. The van der Waals surface area contributed by atoms with Crippen molar-refractivity contribution in [1.82, 2.24) is 0 Å². The van der Waals surface area contributed by atoms with Crippen molar-refractivity contribution in [3.63, 3.8) is 0 Å². The standard InChI is InChI=1S/C11H10ClFO2/c12-8-4-1-3-7(9(8)10(14)15)11(13)5-2-6-11/h1,3-4H,2,5-6H2,(H,14,15). The summed E-state index contributed by atoms with van der Waals surface area (Å²) in [5.74, 6) is -1.17. The minimum absolute atomic E-state index is 0.0960. The van der Waals surface area contributed by atoms with Gasteiger partial charge in [-0.15, -0.1) is 0 Å². The maximum atomic E-state index is 14.1. The van der Waals surface area contributed by atoms with E-state index in [-0.39, 0.29) is 16.1 Å². The lowest BCUT2D eigenvalue weighted by Crippen LogP contribution is -2.30. The van der Waals surface area contributed by atoms with Gasteiger partial charge in [0.25, 0.3) is 0 Å². The van der Waals surface area contributed by atoms with Crippen LogP contribution >= 0.6 is 11.6 Å². The Morgan fingerprint density at radius 3 is 2.60 bits per heavy atom. The van der Waals surface area contributed by atoms with Crippen molar-refractivity contribution < 1.29 is 14.3 Å². The van der Waals surface area contributed by atoms with E-state index in [1.165, 1.54) is 12.1 Å². The van der Waals surface area contributed by atoms with Crippen LogP contribution in [0.15, 0.2) is 18.2 Å². The van der Waals surface area contributed by atoms with Gasteiger partial charge in [0.1, 0.15) is 5.67 Å². The monoisotopic (exact) mass is 228 g/mol. The summed E-state index contributed by atoms with van der Waals surface area (Å²) >= 11 is 5.76. The van der Waals surface area contributed by atoms with E-state index >= 15 is 0 Å². The third kappa shape index (κ3) is 1.61. The van der Waals surface area contributed by atoms with Gasteiger partial charge in [-0.25, -0.2) is 9.18 Å². The second-order valence-electron chi connectivity index (χ2n) is 3.79. The third-order valence-electron chi connectivity index (χ3n) is 2.86. The molecule has 0 amide bonds. The number of benzene rings is 1. The van der Waals surface area contributed by atoms with Crippen molar-refractivity contribution in [3.05, 3.63) is 34.3 Å². The van der Waals surface area contributed by atoms with Crippen molar-refractivity contribution in [2.45, 2.75) is 24.9 Å². The molecule has 2 rings (SSSR count). The number of rotatable bonds is 2. The molecule has 1 aliphatic rings. The molecule has 80 valence electrons. The van der Waals surface area contributed by atoms with E-state index in [9.17, 15) is 9.18 Å². The Labute approximate surface area is 91.7 Å². The fraction of sp³-hybridized carbons (Fsp3) is 0.364. The number of alkyl halides is 1. The van der Waals surface area contributed by atoms with Crippen LogP contribution in [-0.2, 0) is 5.67 Å². The van der Waals surface area contributed by atoms with Crippen LogP contribution in [0.4, 0.5) is 4.39 Å². The lowest BCUT2D eigenvalue weighted by Gasteiger charge is -2.35. The van der Waals surface area contributed by atoms with Crippen molar-refractivity contribution in [2.24, 2.45) is 0 Å². The molecule has 15 heavy (non-hydrogen) atoms. The second-order valence-corrected chi connectivity index (χ2v) is 4.19. The Morgan fingerprint density at radius 2 is 2.13 bits per heavy atom. The lowest BCUT2D eigenvalue weighted by molar-refractivity contribution is 0.0541. The lowest BCUT2D eigenvalue weighted by atomic mass is 9.75. The van der Waals surface area contributed by atoms with Crippen LogP contribution in [-0.4, -0.2) is 11.1 Å². The molecule has 0 spiro atoms. The Balaban J connectivity index is 2.55. The van der Waals surface area contributed by atoms with Crippen LogP contribution in [0.2, 0.25) is 5.02 Å². The Hall–Kier alpha value is -1.09. The van der Waals surface area contributed by atoms with Crippen LogP contribution in [0.5, 0.6) is 0 Å². The van der Waals surface area contributed by atoms with E-state index in [0.29, 0.717) is 12.8 Å². The summed E-state index contributed by atoms with van der Waals surface area (Å²) in [6.07, 6.45) is 1.56. The van der Waals surface area contributed by atoms with Crippen LogP contribution in [0.3, 0.4) is 0 Å². The molecule has 1 aliphatic carbocycles. The molecule has 0 heterocycles. The van der Waals surface area contributed by atoms with E-state index in [0.717, 1.165) is 6.42 Å². The number of halogens is 2. The quantitative estimate of drug-likeness (QED) is 0.843. The molecule has 0 aliphatic heterocycles. The molecule has 0 aromatic heterocycles. The Bertz CT molecular complexity index is 413. The van der Waals surface area contributed by atoms with E-state index < -0.39 is 11.6 Å². The molecule has 1 aromatic carbocycles. The number of hydrogen-bond acceptors (Lipinski definition) is 1. The van der Waals surface area contributed by atoms with Gasteiger partial charge in [-0.1, -0.05) is 23.7 Å². The van der Waals surface area contributed by atoms with Crippen molar-refractivity contribution >= 4 is 17.6 Å². The zero-order valence-electron chi connectivity index (χ0n) is 7.96. The maximum absolute atomic E-state index is 14.1. The normalized spacial score (nSPS) is 18.3. The molecule has 0 radical (unpaired) electrons. The van der Waals surface area contributed by atoms with E-state index in [1.807, 2.05) is 0 Å². The van der Waals surface area contributed by atoms with E-state index in [2.05, 4.69) is 0 Å². The maximum Gasteiger partial charge on any atom is 0.337 e.